The molecule has 0 unspecified atom stereocenters. The van der Waals surface area contributed by atoms with Crippen molar-refractivity contribution in [2.75, 3.05) is 5.73 Å². The third-order valence-electron chi connectivity index (χ3n) is 1.53. The number of nitrogen functional groups attached to an aromatic ring is 1. The lowest BCUT2D eigenvalue weighted by Gasteiger charge is -1.83. The van der Waals surface area contributed by atoms with Crippen molar-refractivity contribution < 1.29 is 4.39 Å². The number of nitrogens with two attached hydrogens (primary N) is 1. The van der Waals surface area contributed by atoms with Crippen LogP contribution in [-0.4, -0.2) is 0 Å². The second kappa shape index (κ2) is 15.7. The molecule has 0 aliphatic carbocycles. The van der Waals surface area contributed by atoms with Crippen LogP contribution in [0.4, 0.5) is 10.1 Å². The van der Waals surface area contributed by atoms with Gasteiger partial charge >= 0.3 is 0 Å². The molecule has 0 heterocycles. The van der Waals surface area contributed by atoms with E-state index in [1.54, 1.807) is 24.3 Å². The third-order valence-corrected chi connectivity index (χ3v) is 1.53. The number of nitrogens with zero attached hydrogens (tertiary/aromatic N) is 1. The summed E-state index contributed by atoms with van der Waals surface area (Å²) in [6, 6.07) is 19.2. The maximum Gasteiger partial charge on any atom is 0.123 e. The fourth-order valence-electron chi connectivity index (χ4n) is 0.868. The molecular weight excluding hydrogens is 239 g/mol. The summed E-state index contributed by atoms with van der Waals surface area (Å²) >= 11 is 0. The third kappa shape index (κ3) is 15.7. The first-order valence-corrected chi connectivity index (χ1v) is 6.02. The first kappa shape index (κ1) is 19.0. The van der Waals surface area contributed by atoms with Crippen LogP contribution in [-0.2, 0) is 0 Å². The fraction of sp³-hybridized carbons (Fsp3) is 0.188. The monoisotopic (exact) mass is 260 g/mol. The number of benzene rings is 2. The van der Waals surface area contributed by atoms with Gasteiger partial charge in [0.05, 0.1) is 6.07 Å². The Bertz CT molecular complexity index is 384. The molecule has 0 amide bonds. The van der Waals surface area contributed by atoms with Gasteiger partial charge in [-0.05, 0) is 24.3 Å². The SMILES string of the molecule is CC.CC#N.Fc1ccccc1.Nc1ccccc1. The van der Waals surface area contributed by atoms with Crippen LogP contribution in [0.25, 0.3) is 0 Å². The molecule has 0 radical (unpaired) electrons. The Morgan fingerprint density at radius 2 is 1.21 bits per heavy atom. The molecule has 102 valence electrons. The van der Waals surface area contributed by atoms with E-state index in [9.17, 15) is 4.39 Å². The van der Waals surface area contributed by atoms with Gasteiger partial charge in [-0.3, -0.25) is 0 Å². The maximum atomic E-state index is 11.9. The summed E-state index contributed by atoms with van der Waals surface area (Å²) in [5, 5.41) is 7.32. The molecule has 0 fully saturated rings. The predicted octanol–water partition coefficient (Wildman–Crippen LogP) is 4.65. The number of nitriles is 1. The van der Waals surface area contributed by atoms with Crippen LogP contribution in [0.5, 0.6) is 0 Å². The standard InChI is InChI=1S/C6H5F.C6H7N.C2H3N.C2H6/c2*7-6-4-2-1-3-5-6;1-2-3;1-2/h1-5H;1-5H,7H2;1H3;1-2H3. The minimum absolute atomic E-state index is 0.178. The zero-order valence-corrected chi connectivity index (χ0v) is 11.7. The van der Waals surface area contributed by atoms with Gasteiger partial charge in [-0.25, -0.2) is 4.39 Å². The summed E-state index contributed by atoms with van der Waals surface area (Å²) in [6.45, 7) is 5.43. The van der Waals surface area contributed by atoms with Gasteiger partial charge in [0, 0.05) is 12.6 Å². The van der Waals surface area contributed by atoms with Crippen LogP contribution in [0.2, 0.25) is 0 Å². The molecule has 2 nitrogen and oxygen atoms in total. The second-order valence-corrected chi connectivity index (χ2v) is 2.93. The maximum absolute atomic E-state index is 11.9. The van der Waals surface area contributed by atoms with Crippen molar-refractivity contribution in [1.82, 2.24) is 0 Å². The van der Waals surface area contributed by atoms with Gasteiger partial charge in [0.15, 0.2) is 0 Å². The Morgan fingerprint density at radius 1 is 0.895 bits per heavy atom. The second-order valence-electron chi connectivity index (χ2n) is 2.93. The number of hydrogen-bond donors (Lipinski definition) is 1. The van der Waals surface area contributed by atoms with Crippen molar-refractivity contribution in [3.05, 3.63) is 66.5 Å². The van der Waals surface area contributed by atoms with Gasteiger partial charge in [0.1, 0.15) is 5.82 Å². The molecule has 0 bridgehead atoms. The fourth-order valence-corrected chi connectivity index (χ4v) is 0.868. The lowest BCUT2D eigenvalue weighted by atomic mass is 10.3. The molecule has 0 saturated heterocycles. The van der Waals surface area contributed by atoms with Gasteiger partial charge in [-0.15, -0.1) is 0 Å². The average Bonchev–Trinajstić information content (AvgIpc) is 2.44. The molecule has 2 aromatic carbocycles. The molecule has 0 saturated carbocycles. The van der Waals surface area contributed by atoms with Crippen molar-refractivity contribution >= 4 is 5.69 Å². The van der Waals surface area contributed by atoms with Crippen LogP contribution >= 0.6 is 0 Å². The number of rotatable bonds is 0. The van der Waals surface area contributed by atoms with E-state index in [0.717, 1.165) is 5.69 Å². The summed E-state index contributed by atoms with van der Waals surface area (Å²) in [5.41, 5.74) is 6.18. The van der Waals surface area contributed by atoms with Gasteiger partial charge in [0.2, 0.25) is 0 Å². The van der Waals surface area contributed by atoms with Crippen molar-refractivity contribution in [3.63, 3.8) is 0 Å². The summed E-state index contributed by atoms with van der Waals surface area (Å²) in [7, 11) is 0. The van der Waals surface area contributed by atoms with E-state index in [0.29, 0.717) is 0 Å². The molecule has 0 atom stereocenters. The van der Waals surface area contributed by atoms with Crippen molar-refractivity contribution in [2.45, 2.75) is 20.8 Å². The van der Waals surface area contributed by atoms with E-state index in [1.165, 1.54) is 19.1 Å². The van der Waals surface area contributed by atoms with Crippen LogP contribution in [0.3, 0.4) is 0 Å². The highest BCUT2D eigenvalue weighted by molar-refractivity contribution is 5.35. The smallest absolute Gasteiger partial charge is 0.123 e. The van der Waals surface area contributed by atoms with Gasteiger partial charge in [0.25, 0.3) is 0 Å². The molecule has 0 aromatic heterocycles. The molecule has 19 heavy (non-hydrogen) atoms. The highest BCUT2D eigenvalue weighted by Crippen LogP contribution is 1.95. The quantitative estimate of drug-likeness (QED) is 0.701. The number of hydrogen-bond acceptors (Lipinski definition) is 2. The molecule has 0 aliphatic heterocycles. The van der Waals surface area contributed by atoms with E-state index < -0.39 is 0 Å². The molecule has 2 N–H and O–H groups in total. The van der Waals surface area contributed by atoms with Crippen molar-refractivity contribution in [2.24, 2.45) is 0 Å². The summed E-state index contributed by atoms with van der Waals surface area (Å²) in [6.07, 6.45) is 0. The van der Waals surface area contributed by atoms with Crippen LogP contribution < -0.4 is 5.73 Å². The topological polar surface area (TPSA) is 49.8 Å². The molecule has 0 spiro atoms. The van der Waals surface area contributed by atoms with Gasteiger partial charge in [-0.2, -0.15) is 5.26 Å². The van der Waals surface area contributed by atoms with Crippen LogP contribution in [0.15, 0.2) is 60.7 Å². The zero-order valence-electron chi connectivity index (χ0n) is 11.7. The zero-order chi connectivity index (χ0) is 14.9. The lowest BCUT2D eigenvalue weighted by molar-refractivity contribution is 0.628. The summed E-state index contributed by atoms with van der Waals surface area (Å²) in [5.74, 6) is -0.178. The van der Waals surface area contributed by atoms with E-state index in [2.05, 4.69) is 0 Å². The highest BCUT2D eigenvalue weighted by atomic mass is 19.1. The van der Waals surface area contributed by atoms with Crippen molar-refractivity contribution in [3.8, 4) is 6.07 Å². The Morgan fingerprint density at radius 3 is 1.37 bits per heavy atom. The summed E-state index contributed by atoms with van der Waals surface area (Å²) in [4.78, 5) is 0. The average molecular weight is 260 g/mol. The molecule has 2 rings (SSSR count). The minimum Gasteiger partial charge on any atom is -0.399 e. The van der Waals surface area contributed by atoms with E-state index in [1.807, 2.05) is 44.2 Å². The minimum atomic E-state index is -0.178. The predicted molar refractivity (Wildman–Crippen MR) is 79.9 cm³/mol. The number of para-hydroxylation sites is 1. The Labute approximate surface area is 115 Å². The van der Waals surface area contributed by atoms with Gasteiger partial charge < -0.3 is 5.73 Å². The Hall–Kier alpha value is -2.34. The van der Waals surface area contributed by atoms with Gasteiger partial charge in [-0.1, -0.05) is 50.2 Å². The Balaban J connectivity index is 0. The van der Waals surface area contributed by atoms with Crippen molar-refractivity contribution in [1.29, 1.82) is 5.26 Å². The normalized spacial score (nSPS) is 7.11. The van der Waals surface area contributed by atoms with E-state index in [-0.39, 0.29) is 5.82 Å². The Kier molecular flexibility index (Phi) is 15.7. The first-order chi connectivity index (χ1) is 9.20. The van der Waals surface area contributed by atoms with Crippen LogP contribution in [0.1, 0.15) is 20.8 Å². The number of anilines is 1. The highest BCUT2D eigenvalue weighted by Gasteiger charge is 1.77. The van der Waals surface area contributed by atoms with E-state index >= 15 is 0 Å². The van der Waals surface area contributed by atoms with Crippen LogP contribution in [0, 0.1) is 17.1 Å². The largest absolute Gasteiger partial charge is 0.399 e. The number of halogens is 1. The summed E-state index contributed by atoms with van der Waals surface area (Å²) < 4.78 is 11.9. The first-order valence-electron chi connectivity index (χ1n) is 6.02. The lowest BCUT2D eigenvalue weighted by Crippen LogP contribution is -1.79. The van der Waals surface area contributed by atoms with E-state index in [4.69, 9.17) is 11.0 Å². The molecule has 2 aromatic rings. The molecular formula is C16H21FN2. The molecule has 0 aliphatic rings. The molecule has 3 heteroatoms.